The van der Waals surface area contributed by atoms with Gasteiger partial charge < -0.3 is 9.67 Å². The maximum Gasteiger partial charge on any atom is 0.335 e. The first-order chi connectivity index (χ1) is 11.2. The summed E-state index contributed by atoms with van der Waals surface area (Å²) >= 11 is 0. The molecule has 0 atom stereocenters. The fourth-order valence-corrected chi connectivity index (χ4v) is 2.76. The molecular weight excluding hydrogens is 286 g/mol. The number of carboxylic acids is 1. The van der Waals surface area contributed by atoms with Crippen LogP contribution in [0.2, 0.25) is 0 Å². The van der Waals surface area contributed by atoms with Crippen molar-refractivity contribution in [3.05, 3.63) is 71.4 Å². The van der Waals surface area contributed by atoms with E-state index < -0.39 is 5.97 Å². The molecule has 0 aliphatic heterocycles. The highest BCUT2D eigenvalue weighted by Crippen LogP contribution is 2.23. The van der Waals surface area contributed by atoms with E-state index in [2.05, 4.69) is 17.6 Å². The predicted octanol–water partition coefficient (Wildman–Crippen LogP) is 4.92. The average molecular weight is 305 g/mol. The fraction of sp³-hybridized carbons (Fsp3) is 0.150. The van der Waals surface area contributed by atoms with E-state index in [4.69, 9.17) is 0 Å². The molecule has 0 unspecified atom stereocenters. The Labute approximate surface area is 135 Å². The average Bonchev–Trinajstić information content (AvgIpc) is 2.90. The normalized spacial score (nSPS) is 11.3. The van der Waals surface area contributed by atoms with Crippen molar-refractivity contribution in [1.29, 1.82) is 0 Å². The van der Waals surface area contributed by atoms with Crippen LogP contribution in [0.4, 0.5) is 0 Å². The maximum atomic E-state index is 11.2. The summed E-state index contributed by atoms with van der Waals surface area (Å²) in [4.78, 5) is 11.2. The summed E-state index contributed by atoms with van der Waals surface area (Å²) in [5.74, 6) is -0.899. The standard InChI is InChI=1S/C20H19NO2/c1-2-6-18-13-16-9-10-17(20(22)23)14-19(16)21(18)12-11-15-7-4-3-5-8-15/h3-5,7-14H,2,6H2,1H3,(H,22,23)/b12-11+. The van der Waals surface area contributed by atoms with Crippen molar-refractivity contribution in [1.82, 2.24) is 4.57 Å². The summed E-state index contributed by atoms with van der Waals surface area (Å²) in [5.41, 5.74) is 3.55. The van der Waals surface area contributed by atoms with Gasteiger partial charge >= 0.3 is 5.97 Å². The number of aromatic nitrogens is 1. The van der Waals surface area contributed by atoms with Gasteiger partial charge in [0.25, 0.3) is 0 Å². The van der Waals surface area contributed by atoms with Crippen molar-refractivity contribution in [3.63, 3.8) is 0 Å². The van der Waals surface area contributed by atoms with E-state index in [9.17, 15) is 9.90 Å². The number of nitrogens with zero attached hydrogens (tertiary/aromatic N) is 1. The van der Waals surface area contributed by atoms with Gasteiger partial charge in [0.1, 0.15) is 0 Å². The first-order valence-electron chi connectivity index (χ1n) is 7.79. The highest BCUT2D eigenvalue weighted by Gasteiger charge is 2.10. The number of carbonyl (C=O) groups is 1. The Morgan fingerprint density at radius 1 is 1.13 bits per heavy atom. The lowest BCUT2D eigenvalue weighted by Gasteiger charge is -2.05. The molecule has 3 heteroatoms. The Bertz CT molecular complexity index is 860. The minimum absolute atomic E-state index is 0.313. The van der Waals surface area contributed by atoms with Crippen molar-refractivity contribution in [2.75, 3.05) is 0 Å². The highest BCUT2D eigenvalue weighted by molar-refractivity contribution is 5.94. The van der Waals surface area contributed by atoms with Crippen LogP contribution in [0.3, 0.4) is 0 Å². The molecule has 1 heterocycles. The topological polar surface area (TPSA) is 42.2 Å². The second-order valence-electron chi connectivity index (χ2n) is 5.56. The molecule has 1 N–H and O–H groups in total. The minimum atomic E-state index is -0.899. The summed E-state index contributed by atoms with van der Waals surface area (Å²) in [5, 5.41) is 10.3. The van der Waals surface area contributed by atoms with Crippen molar-refractivity contribution in [3.8, 4) is 0 Å². The molecule has 3 nitrogen and oxygen atoms in total. The predicted molar refractivity (Wildman–Crippen MR) is 94.6 cm³/mol. The number of aromatic carboxylic acids is 1. The number of fused-ring (bicyclic) bond motifs is 1. The Morgan fingerprint density at radius 2 is 1.91 bits per heavy atom. The van der Waals surface area contributed by atoms with Crippen LogP contribution in [0.5, 0.6) is 0 Å². The van der Waals surface area contributed by atoms with Gasteiger partial charge in [0.2, 0.25) is 0 Å². The summed E-state index contributed by atoms with van der Waals surface area (Å²) in [6.45, 7) is 2.14. The van der Waals surface area contributed by atoms with Gasteiger partial charge in [0, 0.05) is 17.3 Å². The molecule has 0 bridgehead atoms. The van der Waals surface area contributed by atoms with Crippen LogP contribution in [0.25, 0.3) is 23.2 Å². The molecule has 116 valence electrons. The molecule has 0 amide bonds. The number of aryl methyl sites for hydroxylation is 1. The van der Waals surface area contributed by atoms with Crippen molar-refractivity contribution in [2.24, 2.45) is 0 Å². The lowest BCUT2D eigenvalue weighted by Crippen LogP contribution is -1.98. The first kappa shape index (κ1) is 15.1. The zero-order chi connectivity index (χ0) is 16.2. The number of hydrogen-bond acceptors (Lipinski definition) is 1. The van der Waals surface area contributed by atoms with Crippen molar-refractivity contribution < 1.29 is 9.90 Å². The van der Waals surface area contributed by atoms with E-state index in [1.807, 2.05) is 48.7 Å². The van der Waals surface area contributed by atoms with E-state index in [1.54, 1.807) is 12.1 Å². The third-order valence-electron chi connectivity index (χ3n) is 3.89. The Hall–Kier alpha value is -2.81. The molecule has 0 aliphatic carbocycles. The third-order valence-corrected chi connectivity index (χ3v) is 3.89. The second-order valence-corrected chi connectivity index (χ2v) is 5.56. The van der Waals surface area contributed by atoms with Crippen LogP contribution in [0.1, 0.15) is 35.0 Å². The molecule has 0 spiro atoms. The summed E-state index contributed by atoms with van der Waals surface area (Å²) in [6, 6.07) is 17.5. The lowest BCUT2D eigenvalue weighted by molar-refractivity contribution is 0.0697. The summed E-state index contributed by atoms with van der Waals surface area (Å²) < 4.78 is 2.10. The zero-order valence-electron chi connectivity index (χ0n) is 13.1. The molecule has 1 aromatic heterocycles. The van der Waals surface area contributed by atoms with Crippen molar-refractivity contribution in [2.45, 2.75) is 19.8 Å². The second kappa shape index (κ2) is 6.53. The van der Waals surface area contributed by atoms with Crippen LogP contribution in [0.15, 0.2) is 54.6 Å². The van der Waals surface area contributed by atoms with Crippen LogP contribution < -0.4 is 0 Å². The van der Waals surface area contributed by atoms with Gasteiger partial charge in [0.15, 0.2) is 0 Å². The first-order valence-corrected chi connectivity index (χ1v) is 7.79. The molecule has 3 aromatic rings. The van der Waals surface area contributed by atoms with Gasteiger partial charge in [-0.15, -0.1) is 0 Å². The molecule has 0 saturated carbocycles. The van der Waals surface area contributed by atoms with E-state index in [0.717, 1.165) is 29.3 Å². The van der Waals surface area contributed by atoms with Gasteiger partial charge in [0.05, 0.1) is 11.1 Å². The Balaban J connectivity index is 2.11. The fourth-order valence-electron chi connectivity index (χ4n) is 2.76. The quantitative estimate of drug-likeness (QED) is 0.727. The molecular formula is C20H19NO2. The van der Waals surface area contributed by atoms with Gasteiger partial charge in [-0.05, 0) is 36.3 Å². The summed E-state index contributed by atoms with van der Waals surface area (Å²) in [7, 11) is 0. The smallest absolute Gasteiger partial charge is 0.335 e. The Morgan fingerprint density at radius 3 is 2.61 bits per heavy atom. The van der Waals surface area contributed by atoms with E-state index in [-0.39, 0.29) is 0 Å². The Kier molecular flexibility index (Phi) is 4.29. The van der Waals surface area contributed by atoms with E-state index in [1.165, 1.54) is 5.69 Å². The van der Waals surface area contributed by atoms with Crippen molar-refractivity contribution >= 4 is 29.1 Å². The van der Waals surface area contributed by atoms with Gasteiger partial charge in [-0.1, -0.05) is 49.7 Å². The SMILES string of the molecule is CCCc1cc2ccc(C(=O)O)cc2n1/C=C/c1ccccc1. The van der Waals surface area contributed by atoms with Gasteiger partial charge in [-0.2, -0.15) is 0 Å². The highest BCUT2D eigenvalue weighted by atomic mass is 16.4. The van der Waals surface area contributed by atoms with Crippen LogP contribution in [-0.2, 0) is 6.42 Å². The monoisotopic (exact) mass is 305 g/mol. The maximum absolute atomic E-state index is 11.2. The van der Waals surface area contributed by atoms with Crippen LogP contribution >= 0.6 is 0 Å². The molecule has 0 fully saturated rings. The molecule has 0 saturated heterocycles. The number of benzene rings is 2. The number of carboxylic acid groups (broad SMARTS) is 1. The summed E-state index contributed by atoms with van der Waals surface area (Å²) in [6.07, 6.45) is 6.07. The molecule has 2 aromatic carbocycles. The molecule has 23 heavy (non-hydrogen) atoms. The zero-order valence-corrected chi connectivity index (χ0v) is 13.1. The van der Waals surface area contributed by atoms with Crippen LogP contribution in [-0.4, -0.2) is 15.6 Å². The lowest BCUT2D eigenvalue weighted by atomic mass is 10.1. The van der Waals surface area contributed by atoms with E-state index >= 15 is 0 Å². The third kappa shape index (κ3) is 3.19. The van der Waals surface area contributed by atoms with Crippen LogP contribution in [0, 0.1) is 0 Å². The van der Waals surface area contributed by atoms with E-state index in [0.29, 0.717) is 5.56 Å². The largest absolute Gasteiger partial charge is 0.478 e. The number of hydrogen-bond donors (Lipinski definition) is 1. The number of rotatable bonds is 5. The minimum Gasteiger partial charge on any atom is -0.478 e. The van der Waals surface area contributed by atoms with Gasteiger partial charge in [-0.3, -0.25) is 0 Å². The molecule has 0 radical (unpaired) electrons. The molecule has 3 rings (SSSR count). The van der Waals surface area contributed by atoms with Gasteiger partial charge in [-0.25, -0.2) is 4.79 Å². The molecule has 0 aliphatic rings.